The van der Waals surface area contributed by atoms with Crippen LogP contribution in [0.1, 0.15) is 11.1 Å². The minimum atomic E-state index is -0.349. The number of carbonyl (C=O) groups is 1. The van der Waals surface area contributed by atoms with Crippen molar-refractivity contribution in [1.29, 1.82) is 0 Å². The highest BCUT2D eigenvalue weighted by atomic mass is 16.6. The molecule has 28 heavy (non-hydrogen) atoms. The van der Waals surface area contributed by atoms with Crippen LogP contribution in [0.3, 0.4) is 0 Å². The molecule has 2 saturated heterocycles. The summed E-state index contributed by atoms with van der Waals surface area (Å²) in [7, 11) is 0. The second kappa shape index (κ2) is 6.51. The summed E-state index contributed by atoms with van der Waals surface area (Å²) < 4.78 is 5.49. The molecule has 0 aliphatic carbocycles. The fourth-order valence-electron chi connectivity index (χ4n) is 4.53. The average Bonchev–Trinajstić information content (AvgIpc) is 3.04. The van der Waals surface area contributed by atoms with Gasteiger partial charge in [0.05, 0.1) is 5.52 Å². The Bertz CT molecular complexity index is 1040. The number of amides is 1. The predicted molar refractivity (Wildman–Crippen MR) is 110 cm³/mol. The van der Waals surface area contributed by atoms with Gasteiger partial charge in [-0.05, 0) is 30.2 Å². The van der Waals surface area contributed by atoms with Gasteiger partial charge in [-0.25, -0.2) is 9.78 Å². The van der Waals surface area contributed by atoms with E-state index < -0.39 is 0 Å². The van der Waals surface area contributed by atoms with Gasteiger partial charge in [0, 0.05) is 31.4 Å². The number of para-hydroxylation sites is 1. The summed E-state index contributed by atoms with van der Waals surface area (Å²) in [5, 5.41) is 1.18. The first-order chi connectivity index (χ1) is 13.6. The summed E-state index contributed by atoms with van der Waals surface area (Å²) in [6.07, 6.45) is 0.584. The van der Waals surface area contributed by atoms with Gasteiger partial charge >= 0.3 is 6.09 Å². The van der Waals surface area contributed by atoms with E-state index in [9.17, 15) is 4.79 Å². The van der Waals surface area contributed by atoms with Crippen molar-refractivity contribution < 1.29 is 9.53 Å². The van der Waals surface area contributed by atoms with E-state index in [0.717, 1.165) is 30.8 Å². The molecule has 5 heteroatoms. The van der Waals surface area contributed by atoms with E-state index in [2.05, 4.69) is 42.2 Å². The highest BCUT2D eigenvalue weighted by Gasteiger charge is 2.51. The Hall–Kier alpha value is -3.08. The molecule has 1 aromatic heterocycles. The third-order valence-electron chi connectivity index (χ3n) is 5.95. The molecule has 5 nitrogen and oxygen atoms in total. The lowest BCUT2D eigenvalue weighted by atomic mass is 9.88. The van der Waals surface area contributed by atoms with Crippen molar-refractivity contribution in [3.63, 3.8) is 0 Å². The van der Waals surface area contributed by atoms with Crippen LogP contribution in [0.2, 0.25) is 0 Å². The molecule has 2 aliphatic rings. The predicted octanol–water partition coefficient (Wildman–Crippen LogP) is 3.80. The van der Waals surface area contributed by atoms with Gasteiger partial charge in [-0.15, -0.1) is 0 Å². The lowest BCUT2D eigenvalue weighted by Gasteiger charge is -2.45. The number of piperazine rings is 1. The van der Waals surface area contributed by atoms with Gasteiger partial charge in [0.1, 0.15) is 18.0 Å². The molecule has 1 amide bonds. The number of hydrogen-bond acceptors (Lipinski definition) is 4. The molecule has 2 fully saturated rings. The third kappa shape index (κ3) is 2.78. The number of nitrogens with zero attached hydrogens (tertiary/aromatic N) is 3. The second-order valence-electron chi connectivity index (χ2n) is 7.83. The molecule has 0 spiro atoms. The molecule has 5 rings (SSSR count). The fourth-order valence-corrected chi connectivity index (χ4v) is 4.53. The van der Waals surface area contributed by atoms with Crippen molar-refractivity contribution in [2.75, 3.05) is 31.1 Å². The van der Waals surface area contributed by atoms with Crippen LogP contribution in [-0.2, 0) is 11.2 Å². The van der Waals surface area contributed by atoms with Gasteiger partial charge < -0.3 is 9.64 Å². The van der Waals surface area contributed by atoms with Crippen LogP contribution < -0.4 is 4.90 Å². The summed E-state index contributed by atoms with van der Waals surface area (Å²) in [5.41, 5.74) is 3.10. The average molecular weight is 373 g/mol. The van der Waals surface area contributed by atoms with Crippen molar-refractivity contribution in [2.45, 2.75) is 18.9 Å². The van der Waals surface area contributed by atoms with Gasteiger partial charge in [0.15, 0.2) is 0 Å². The number of aryl methyl sites for hydroxylation is 1. The van der Waals surface area contributed by atoms with E-state index in [0.29, 0.717) is 13.2 Å². The molecule has 0 N–H and O–H groups in total. The smallest absolute Gasteiger partial charge is 0.410 e. The van der Waals surface area contributed by atoms with Crippen LogP contribution >= 0.6 is 0 Å². The van der Waals surface area contributed by atoms with E-state index in [4.69, 9.17) is 9.72 Å². The van der Waals surface area contributed by atoms with Crippen molar-refractivity contribution in [2.24, 2.45) is 0 Å². The largest absolute Gasteiger partial charge is 0.447 e. The molecule has 3 aromatic rings. The Morgan fingerprint density at radius 1 is 1.07 bits per heavy atom. The van der Waals surface area contributed by atoms with Crippen LogP contribution in [0.5, 0.6) is 0 Å². The Morgan fingerprint density at radius 3 is 2.71 bits per heavy atom. The standard InChI is InChI=1S/C23H23N3O2/c1-17-13-21(24-20-10-6-5-9-19(17)20)25-11-12-26-22(27)28-16-23(26,15-25)14-18-7-3-2-4-8-18/h2-10,13H,11-12,14-16H2,1H3. The lowest BCUT2D eigenvalue weighted by Crippen LogP contribution is -2.62. The normalized spacial score (nSPS) is 21.7. The van der Waals surface area contributed by atoms with E-state index in [1.54, 1.807) is 0 Å². The molecule has 1 unspecified atom stereocenters. The van der Waals surface area contributed by atoms with Gasteiger partial charge in [0.2, 0.25) is 0 Å². The molecule has 1 atom stereocenters. The molecular weight excluding hydrogens is 350 g/mol. The Labute approximate surface area is 164 Å². The number of carbonyl (C=O) groups excluding carboxylic acids is 1. The zero-order valence-electron chi connectivity index (χ0n) is 16.0. The summed E-state index contributed by atoms with van der Waals surface area (Å²) in [4.78, 5) is 21.5. The number of fused-ring (bicyclic) bond motifs is 2. The lowest BCUT2D eigenvalue weighted by molar-refractivity contribution is 0.140. The zero-order chi connectivity index (χ0) is 19.1. The highest BCUT2D eigenvalue weighted by Crippen LogP contribution is 2.34. The molecule has 0 saturated carbocycles. The molecule has 2 aliphatic heterocycles. The number of rotatable bonds is 3. The molecule has 142 valence electrons. The summed E-state index contributed by atoms with van der Waals surface area (Å²) in [5.74, 6) is 0.975. The molecule has 0 radical (unpaired) electrons. The molecular formula is C23H23N3O2. The maximum atomic E-state index is 12.3. The quantitative estimate of drug-likeness (QED) is 0.701. The third-order valence-corrected chi connectivity index (χ3v) is 5.95. The SMILES string of the molecule is Cc1cc(N2CCN3C(=O)OCC3(Cc3ccccc3)C2)nc2ccccc12. The van der Waals surface area contributed by atoms with E-state index >= 15 is 0 Å². The minimum Gasteiger partial charge on any atom is -0.447 e. The summed E-state index contributed by atoms with van der Waals surface area (Å²) >= 11 is 0. The minimum absolute atomic E-state index is 0.196. The van der Waals surface area contributed by atoms with Gasteiger partial charge in [-0.3, -0.25) is 4.90 Å². The Balaban J connectivity index is 1.50. The van der Waals surface area contributed by atoms with E-state index in [1.807, 2.05) is 35.2 Å². The highest BCUT2D eigenvalue weighted by molar-refractivity contribution is 5.84. The van der Waals surface area contributed by atoms with Crippen LogP contribution in [0.15, 0.2) is 60.7 Å². The number of pyridine rings is 1. The molecule has 3 heterocycles. The first-order valence-corrected chi connectivity index (χ1v) is 9.74. The van der Waals surface area contributed by atoms with Crippen molar-refractivity contribution >= 4 is 22.8 Å². The molecule has 2 aromatic carbocycles. The molecule has 0 bridgehead atoms. The number of aromatic nitrogens is 1. The Kier molecular flexibility index (Phi) is 3.97. The van der Waals surface area contributed by atoms with Crippen molar-refractivity contribution in [1.82, 2.24) is 9.88 Å². The van der Waals surface area contributed by atoms with Crippen LogP contribution in [0.4, 0.5) is 10.6 Å². The maximum absolute atomic E-state index is 12.3. The topological polar surface area (TPSA) is 45.7 Å². The van der Waals surface area contributed by atoms with E-state index in [1.165, 1.54) is 16.5 Å². The summed E-state index contributed by atoms with van der Waals surface area (Å²) in [6.45, 7) is 4.68. The number of benzene rings is 2. The zero-order valence-corrected chi connectivity index (χ0v) is 16.0. The first kappa shape index (κ1) is 17.0. The fraction of sp³-hybridized carbons (Fsp3) is 0.304. The monoisotopic (exact) mass is 373 g/mol. The Morgan fingerprint density at radius 2 is 1.86 bits per heavy atom. The van der Waals surface area contributed by atoms with Crippen LogP contribution in [-0.4, -0.2) is 47.8 Å². The first-order valence-electron chi connectivity index (χ1n) is 9.74. The maximum Gasteiger partial charge on any atom is 0.410 e. The van der Waals surface area contributed by atoms with Crippen LogP contribution in [0, 0.1) is 6.92 Å². The van der Waals surface area contributed by atoms with Gasteiger partial charge in [-0.1, -0.05) is 48.5 Å². The number of ether oxygens (including phenoxy) is 1. The van der Waals surface area contributed by atoms with Gasteiger partial charge in [0.25, 0.3) is 0 Å². The van der Waals surface area contributed by atoms with Crippen LogP contribution in [0.25, 0.3) is 10.9 Å². The van der Waals surface area contributed by atoms with Gasteiger partial charge in [-0.2, -0.15) is 0 Å². The van der Waals surface area contributed by atoms with Crippen molar-refractivity contribution in [3.05, 3.63) is 71.8 Å². The summed E-state index contributed by atoms with van der Waals surface area (Å²) in [6, 6.07) is 20.7. The number of anilines is 1. The number of hydrogen-bond donors (Lipinski definition) is 0. The van der Waals surface area contributed by atoms with E-state index in [-0.39, 0.29) is 11.6 Å². The number of cyclic esters (lactones) is 1. The second-order valence-corrected chi connectivity index (χ2v) is 7.83. The van der Waals surface area contributed by atoms with Crippen molar-refractivity contribution in [3.8, 4) is 0 Å².